The van der Waals surface area contributed by atoms with Gasteiger partial charge in [-0.05, 0) is 80.8 Å². The van der Waals surface area contributed by atoms with Gasteiger partial charge in [-0.2, -0.15) is 5.26 Å². The molecule has 4 heteroatoms. The van der Waals surface area contributed by atoms with E-state index >= 15 is 0 Å². The van der Waals surface area contributed by atoms with Crippen molar-refractivity contribution in [2.75, 3.05) is 26.7 Å². The number of hydrogen-bond acceptors (Lipinski definition) is 4. The van der Waals surface area contributed by atoms with Crippen molar-refractivity contribution in [3.63, 3.8) is 0 Å². The second-order valence-corrected chi connectivity index (χ2v) is 7.13. The summed E-state index contributed by atoms with van der Waals surface area (Å²) in [5.74, 6) is 1.66. The van der Waals surface area contributed by atoms with E-state index in [9.17, 15) is 0 Å². The lowest BCUT2D eigenvalue weighted by Gasteiger charge is -2.29. The fourth-order valence-electron chi connectivity index (χ4n) is 3.33. The Morgan fingerprint density at radius 1 is 1.12 bits per heavy atom. The van der Waals surface area contributed by atoms with E-state index < -0.39 is 0 Å². The van der Waals surface area contributed by atoms with E-state index in [1.807, 2.05) is 30.3 Å². The molecule has 1 saturated heterocycles. The van der Waals surface area contributed by atoms with Crippen molar-refractivity contribution in [3.05, 3.63) is 65.2 Å². The number of rotatable bonds is 7. The number of benzene rings is 2. The van der Waals surface area contributed by atoms with Gasteiger partial charge < -0.3 is 15.0 Å². The number of nitrogens with one attached hydrogen (secondary N) is 1. The first kappa shape index (κ1) is 18.4. The Bertz CT molecular complexity index is 745. The molecule has 0 aliphatic carbocycles. The minimum absolute atomic E-state index is 0.474. The highest BCUT2D eigenvalue weighted by Crippen LogP contribution is 2.17. The topological polar surface area (TPSA) is 48.3 Å². The summed E-state index contributed by atoms with van der Waals surface area (Å²) in [5, 5.41) is 12.6. The third-order valence-electron chi connectivity index (χ3n) is 4.96. The molecule has 1 aliphatic heterocycles. The number of piperidine rings is 1. The Balaban J connectivity index is 1.46. The molecule has 0 radical (unpaired) electrons. The van der Waals surface area contributed by atoms with Gasteiger partial charge in [-0.3, -0.25) is 0 Å². The summed E-state index contributed by atoms with van der Waals surface area (Å²) >= 11 is 0. The summed E-state index contributed by atoms with van der Waals surface area (Å²) in [5.41, 5.74) is 2.91. The molecule has 1 aliphatic rings. The SMILES string of the molecule is CN1CCC(CNCc2cccc(OCc3cccc(C#N)c3)c2)CC1. The van der Waals surface area contributed by atoms with Crippen LogP contribution in [0.3, 0.4) is 0 Å². The van der Waals surface area contributed by atoms with Gasteiger partial charge in [0.1, 0.15) is 12.4 Å². The molecule has 2 aromatic rings. The summed E-state index contributed by atoms with van der Waals surface area (Å²) in [6.07, 6.45) is 2.57. The van der Waals surface area contributed by atoms with Gasteiger partial charge >= 0.3 is 0 Å². The maximum Gasteiger partial charge on any atom is 0.120 e. The lowest BCUT2D eigenvalue weighted by Crippen LogP contribution is -2.34. The first-order valence-corrected chi connectivity index (χ1v) is 9.33. The third kappa shape index (κ3) is 5.59. The molecule has 0 atom stereocenters. The molecule has 0 aromatic heterocycles. The van der Waals surface area contributed by atoms with E-state index in [1.165, 1.54) is 31.5 Å². The highest BCUT2D eigenvalue weighted by Gasteiger charge is 2.15. The molecule has 2 aromatic carbocycles. The number of hydrogen-bond donors (Lipinski definition) is 1. The Hall–Kier alpha value is -2.35. The average Bonchev–Trinajstić information content (AvgIpc) is 2.68. The van der Waals surface area contributed by atoms with Gasteiger partial charge in [0.05, 0.1) is 11.6 Å². The fraction of sp³-hybridized carbons (Fsp3) is 0.409. The van der Waals surface area contributed by atoms with Gasteiger partial charge in [0.25, 0.3) is 0 Å². The molecule has 26 heavy (non-hydrogen) atoms. The number of nitrogens with zero attached hydrogens (tertiary/aromatic N) is 2. The molecule has 3 rings (SSSR count). The van der Waals surface area contributed by atoms with E-state index in [4.69, 9.17) is 10.00 Å². The highest BCUT2D eigenvalue weighted by molar-refractivity contribution is 5.33. The van der Waals surface area contributed by atoms with Gasteiger partial charge in [-0.1, -0.05) is 24.3 Å². The van der Waals surface area contributed by atoms with E-state index in [0.29, 0.717) is 12.2 Å². The summed E-state index contributed by atoms with van der Waals surface area (Å²) in [6.45, 7) is 4.85. The van der Waals surface area contributed by atoms with Gasteiger partial charge in [-0.25, -0.2) is 0 Å². The van der Waals surface area contributed by atoms with Crippen LogP contribution < -0.4 is 10.1 Å². The molecule has 136 valence electrons. The van der Waals surface area contributed by atoms with E-state index in [0.717, 1.165) is 30.3 Å². The zero-order chi connectivity index (χ0) is 18.2. The molecule has 1 fully saturated rings. The van der Waals surface area contributed by atoms with Crippen LogP contribution in [0.15, 0.2) is 48.5 Å². The Kier molecular flexibility index (Phi) is 6.65. The zero-order valence-electron chi connectivity index (χ0n) is 15.4. The molecular weight excluding hydrogens is 322 g/mol. The summed E-state index contributed by atoms with van der Waals surface area (Å²) in [6, 6.07) is 17.9. The summed E-state index contributed by atoms with van der Waals surface area (Å²) in [4.78, 5) is 2.41. The minimum atomic E-state index is 0.474. The molecule has 1 heterocycles. The summed E-state index contributed by atoms with van der Waals surface area (Å²) < 4.78 is 5.90. The van der Waals surface area contributed by atoms with Crippen LogP contribution in [0.25, 0.3) is 0 Å². The maximum atomic E-state index is 8.97. The van der Waals surface area contributed by atoms with Crippen molar-refractivity contribution in [2.24, 2.45) is 5.92 Å². The average molecular weight is 349 g/mol. The first-order valence-electron chi connectivity index (χ1n) is 9.33. The molecule has 1 N–H and O–H groups in total. The molecule has 4 nitrogen and oxygen atoms in total. The quantitative estimate of drug-likeness (QED) is 0.830. The van der Waals surface area contributed by atoms with Crippen molar-refractivity contribution in [3.8, 4) is 11.8 Å². The van der Waals surface area contributed by atoms with Crippen LogP contribution in [0.4, 0.5) is 0 Å². The van der Waals surface area contributed by atoms with Crippen LogP contribution in [-0.4, -0.2) is 31.6 Å². The number of likely N-dealkylation sites (tertiary alicyclic amines) is 1. The first-order chi connectivity index (χ1) is 12.7. The predicted molar refractivity (Wildman–Crippen MR) is 104 cm³/mol. The molecular formula is C22H27N3O. The van der Waals surface area contributed by atoms with Gasteiger partial charge in [0.15, 0.2) is 0 Å². The predicted octanol–water partition coefficient (Wildman–Crippen LogP) is 3.57. The molecule has 0 bridgehead atoms. The Morgan fingerprint density at radius 3 is 2.69 bits per heavy atom. The third-order valence-corrected chi connectivity index (χ3v) is 4.96. The largest absolute Gasteiger partial charge is 0.489 e. The van der Waals surface area contributed by atoms with Gasteiger partial charge in [0, 0.05) is 6.54 Å². The van der Waals surface area contributed by atoms with E-state index in [1.54, 1.807) is 6.07 Å². The van der Waals surface area contributed by atoms with Crippen LogP contribution in [0, 0.1) is 17.2 Å². The lowest BCUT2D eigenvalue weighted by molar-refractivity contribution is 0.216. The number of nitriles is 1. The molecule has 0 unspecified atom stereocenters. The molecule has 0 amide bonds. The van der Waals surface area contributed by atoms with Crippen molar-refractivity contribution in [2.45, 2.75) is 26.0 Å². The molecule has 0 saturated carbocycles. The molecule has 0 spiro atoms. The normalized spacial score (nSPS) is 15.5. The van der Waals surface area contributed by atoms with Gasteiger partial charge in [-0.15, -0.1) is 0 Å². The second kappa shape index (κ2) is 9.38. The Morgan fingerprint density at radius 2 is 1.88 bits per heavy atom. The van der Waals surface area contributed by atoms with Crippen LogP contribution in [-0.2, 0) is 13.2 Å². The van der Waals surface area contributed by atoms with E-state index in [2.05, 4.69) is 35.5 Å². The Labute approximate surface area is 156 Å². The highest BCUT2D eigenvalue weighted by atomic mass is 16.5. The van der Waals surface area contributed by atoms with Crippen LogP contribution in [0.1, 0.15) is 29.5 Å². The second-order valence-electron chi connectivity index (χ2n) is 7.13. The van der Waals surface area contributed by atoms with Crippen LogP contribution in [0.2, 0.25) is 0 Å². The number of ether oxygens (including phenoxy) is 1. The van der Waals surface area contributed by atoms with Crippen molar-refractivity contribution < 1.29 is 4.74 Å². The van der Waals surface area contributed by atoms with Crippen molar-refractivity contribution >= 4 is 0 Å². The summed E-state index contributed by atoms with van der Waals surface area (Å²) in [7, 11) is 2.20. The smallest absolute Gasteiger partial charge is 0.120 e. The minimum Gasteiger partial charge on any atom is -0.489 e. The standard InChI is InChI=1S/C22H27N3O/c1-25-10-8-18(9-11-25)15-24-16-20-5-3-7-22(13-20)26-17-21-6-2-4-19(12-21)14-23/h2-7,12-13,18,24H,8-11,15-17H2,1H3. The van der Waals surface area contributed by atoms with Crippen LogP contribution in [0.5, 0.6) is 5.75 Å². The zero-order valence-corrected chi connectivity index (χ0v) is 15.4. The van der Waals surface area contributed by atoms with Crippen molar-refractivity contribution in [1.82, 2.24) is 10.2 Å². The van der Waals surface area contributed by atoms with E-state index in [-0.39, 0.29) is 0 Å². The maximum absolute atomic E-state index is 8.97. The van der Waals surface area contributed by atoms with Gasteiger partial charge in [0.2, 0.25) is 0 Å². The fourth-order valence-corrected chi connectivity index (χ4v) is 3.33. The lowest BCUT2D eigenvalue weighted by atomic mass is 9.97. The van der Waals surface area contributed by atoms with Crippen molar-refractivity contribution in [1.29, 1.82) is 5.26 Å². The monoisotopic (exact) mass is 349 g/mol. The van der Waals surface area contributed by atoms with Crippen LogP contribution >= 0.6 is 0 Å².